The van der Waals surface area contributed by atoms with Gasteiger partial charge in [0.1, 0.15) is 0 Å². The van der Waals surface area contributed by atoms with E-state index in [1.54, 1.807) is 0 Å². The van der Waals surface area contributed by atoms with E-state index in [2.05, 4.69) is 5.32 Å². The summed E-state index contributed by atoms with van der Waals surface area (Å²) >= 11 is 0. The maximum atomic E-state index is 13.5. The van der Waals surface area contributed by atoms with Gasteiger partial charge in [-0.05, 0) is 42.8 Å². The van der Waals surface area contributed by atoms with Gasteiger partial charge in [-0.15, -0.1) is 0 Å². The molecule has 0 saturated carbocycles. The van der Waals surface area contributed by atoms with E-state index in [4.69, 9.17) is 4.74 Å². The molecule has 3 rings (SSSR count). The number of amides is 1. The van der Waals surface area contributed by atoms with Crippen LogP contribution in [0, 0.1) is 11.6 Å². The molecule has 34 heavy (non-hydrogen) atoms. The van der Waals surface area contributed by atoms with Crippen molar-refractivity contribution >= 4 is 37.3 Å². The summed E-state index contributed by atoms with van der Waals surface area (Å²) < 4.78 is 83.5. The Kier molecular flexibility index (Phi) is 8.23. The molecule has 1 saturated heterocycles. The van der Waals surface area contributed by atoms with E-state index in [0.717, 1.165) is 28.8 Å². The first kappa shape index (κ1) is 26.0. The molecule has 1 fully saturated rings. The number of carbonyl (C=O) groups excluding carboxylic acids is 1. The van der Waals surface area contributed by atoms with Crippen LogP contribution >= 0.6 is 0 Å². The third kappa shape index (κ3) is 6.50. The monoisotopic (exact) mass is 517 g/mol. The number of rotatable bonds is 9. The van der Waals surface area contributed by atoms with Crippen molar-refractivity contribution < 1.29 is 35.1 Å². The number of carbonyl (C=O) groups is 1. The maximum Gasteiger partial charge on any atom is 0.243 e. The number of benzene rings is 2. The number of nitrogens with one attached hydrogen (secondary N) is 1. The van der Waals surface area contributed by atoms with E-state index in [1.807, 2.05) is 0 Å². The lowest BCUT2D eigenvalue weighted by Crippen LogP contribution is -2.40. The van der Waals surface area contributed by atoms with E-state index in [-0.39, 0.29) is 43.1 Å². The molecule has 1 heterocycles. The second-order valence-corrected chi connectivity index (χ2v) is 11.5. The lowest BCUT2D eigenvalue weighted by atomic mass is 10.2. The van der Waals surface area contributed by atoms with E-state index in [0.29, 0.717) is 18.9 Å². The van der Waals surface area contributed by atoms with Crippen LogP contribution in [0.3, 0.4) is 0 Å². The lowest BCUT2D eigenvalue weighted by Gasteiger charge is -2.26. The molecule has 0 atom stereocenters. The fourth-order valence-corrected chi connectivity index (χ4v) is 5.74. The first-order valence-corrected chi connectivity index (χ1v) is 13.7. The zero-order valence-electron chi connectivity index (χ0n) is 18.4. The molecule has 1 aliphatic heterocycles. The summed E-state index contributed by atoms with van der Waals surface area (Å²) in [6.07, 6.45) is 0.992. The smallest absolute Gasteiger partial charge is 0.243 e. The number of halogens is 2. The lowest BCUT2D eigenvalue weighted by molar-refractivity contribution is -0.116. The Morgan fingerprint density at radius 2 is 1.68 bits per heavy atom. The summed E-state index contributed by atoms with van der Waals surface area (Å²) in [4.78, 5) is 12.4. The van der Waals surface area contributed by atoms with Crippen LogP contribution in [0.4, 0.5) is 20.2 Å². The zero-order valence-corrected chi connectivity index (χ0v) is 20.0. The molecular formula is C21H25F2N3O6S2. The minimum absolute atomic E-state index is 0.0427. The van der Waals surface area contributed by atoms with Crippen LogP contribution in [0.5, 0.6) is 0 Å². The fraction of sp³-hybridized carbons (Fsp3) is 0.381. The van der Waals surface area contributed by atoms with E-state index in [1.165, 1.54) is 28.6 Å². The van der Waals surface area contributed by atoms with Gasteiger partial charge >= 0.3 is 0 Å². The van der Waals surface area contributed by atoms with Crippen LogP contribution in [0.1, 0.15) is 12.8 Å². The molecule has 0 spiro atoms. The number of nitrogens with zero attached hydrogens (tertiary/aromatic N) is 2. The molecule has 13 heteroatoms. The second-order valence-electron chi connectivity index (χ2n) is 7.63. The van der Waals surface area contributed by atoms with Gasteiger partial charge < -0.3 is 10.1 Å². The Morgan fingerprint density at radius 3 is 2.26 bits per heavy atom. The normalized spacial score (nSPS) is 15.1. The van der Waals surface area contributed by atoms with Crippen LogP contribution in [0.25, 0.3) is 0 Å². The number of ether oxygens (including phenoxy) is 1. The van der Waals surface area contributed by atoms with Gasteiger partial charge in [-0.3, -0.25) is 9.10 Å². The van der Waals surface area contributed by atoms with Crippen LogP contribution in [0.15, 0.2) is 47.4 Å². The minimum Gasteiger partial charge on any atom is -0.379 e. The number of hydrogen-bond donors (Lipinski definition) is 1. The SMILES string of the molecule is CS(=O)(=O)N(CCCC(=O)Nc1ccc(S(=O)(=O)N2CCOCC2)cc1)c1ccc(F)c(F)c1. The number of hydrogen-bond acceptors (Lipinski definition) is 6. The zero-order chi connectivity index (χ0) is 24.9. The van der Waals surface area contributed by atoms with Crippen LogP contribution in [-0.2, 0) is 29.6 Å². The molecule has 0 bridgehead atoms. The van der Waals surface area contributed by atoms with Gasteiger partial charge in [-0.1, -0.05) is 0 Å². The van der Waals surface area contributed by atoms with Gasteiger partial charge in [0, 0.05) is 37.8 Å². The van der Waals surface area contributed by atoms with Crippen molar-refractivity contribution in [3.05, 3.63) is 54.1 Å². The molecule has 1 amide bonds. The third-order valence-corrected chi connectivity index (χ3v) is 8.21. The van der Waals surface area contributed by atoms with E-state index >= 15 is 0 Å². The summed E-state index contributed by atoms with van der Waals surface area (Å²) in [5.41, 5.74) is 0.338. The van der Waals surface area contributed by atoms with Crippen molar-refractivity contribution in [1.29, 1.82) is 0 Å². The molecule has 0 aliphatic carbocycles. The highest BCUT2D eigenvalue weighted by molar-refractivity contribution is 7.92. The highest BCUT2D eigenvalue weighted by Gasteiger charge is 2.26. The highest BCUT2D eigenvalue weighted by Crippen LogP contribution is 2.22. The molecule has 1 N–H and O–H groups in total. The predicted octanol–water partition coefficient (Wildman–Crippen LogP) is 2.17. The quantitative estimate of drug-likeness (QED) is 0.546. The summed E-state index contributed by atoms with van der Waals surface area (Å²) in [5, 5.41) is 2.62. The van der Waals surface area contributed by atoms with E-state index < -0.39 is 37.6 Å². The van der Waals surface area contributed by atoms with E-state index in [9.17, 15) is 30.4 Å². The van der Waals surface area contributed by atoms with Crippen LogP contribution < -0.4 is 9.62 Å². The van der Waals surface area contributed by atoms with Crippen molar-refractivity contribution in [2.45, 2.75) is 17.7 Å². The van der Waals surface area contributed by atoms with Crippen LogP contribution in [-0.4, -0.2) is 66.2 Å². The summed E-state index contributed by atoms with van der Waals surface area (Å²) in [7, 11) is -7.44. The molecule has 186 valence electrons. The Labute approximate surface area is 197 Å². The van der Waals surface area contributed by atoms with Gasteiger partial charge in [0.15, 0.2) is 11.6 Å². The maximum absolute atomic E-state index is 13.5. The van der Waals surface area contributed by atoms with Crippen molar-refractivity contribution in [3.8, 4) is 0 Å². The molecule has 0 unspecified atom stereocenters. The summed E-state index contributed by atoms with van der Waals surface area (Å²) in [5.74, 6) is -2.69. The number of morpholine rings is 1. The third-order valence-electron chi connectivity index (χ3n) is 5.10. The topological polar surface area (TPSA) is 113 Å². The van der Waals surface area contributed by atoms with Crippen molar-refractivity contribution in [2.24, 2.45) is 0 Å². The standard InChI is InChI=1S/C21H25F2N3O6S2/c1-33(28,29)26(17-6-9-19(22)20(23)15-17)10-2-3-21(27)24-16-4-7-18(8-5-16)34(30,31)25-11-13-32-14-12-25/h4-9,15H,2-3,10-14H2,1H3,(H,24,27). The second kappa shape index (κ2) is 10.8. The molecule has 0 radical (unpaired) electrons. The first-order chi connectivity index (χ1) is 16.0. The minimum atomic E-state index is -3.79. The van der Waals surface area contributed by atoms with Crippen molar-refractivity contribution in [3.63, 3.8) is 0 Å². The Bertz CT molecular complexity index is 1230. The predicted molar refractivity (Wildman–Crippen MR) is 122 cm³/mol. The average molecular weight is 518 g/mol. The fourth-order valence-electron chi connectivity index (χ4n) is 3.38. The van der Waals surface area contributed by atoms with Crippen molar-refractivity contribution in [2.75, 3.05) is 48.7 Å². The number of anilines is 2. The Hall–Kier alpha value is -2.61. The van der Waals surface area contributed by atoms with Gasteiger partial charge in [0.2, 0.25) is 26.0 Å². The highest BCUT2D eigenvalue weighted by atomic mass is 32.2. The Morgan fingerprint density at radius 1 is 1.03 bits per heavy atom. The molecule has 1 aliphatic rings. The average Bonchev–Trinajstić information content (AvgIpc) is 2.79. The summed E-state index contributed by atoms with van der Waals surface area (Å²) in [6.45, 7) is 1.10. The molecule has 9 nitrogen and oxygen atoms in total. The van der Waals surface area contributed by atoms with Gasteiger partial charge in [0.05, 0.1) is 30.1 Å². The molecular weight excluding hydrogens is 492 g/mol. The molecule has 2 aromatic rings. The van der Waals surface area contributed by atoms with Gasteiger partial charge in [-0.2, -0.15) is 4.31 Å². The first-order valence-electron chi connectivity index (χ1n) is 10.4. The largest absolute Gasteiger partial charge is 0.379 e. The van der Waals surface area contributed by atoms with Crippen molar-refractivity contribution in [1.82, 2.24) is 4.31 Å². The molecule has 0 aromatic heterocycles. The molecule has 2 aromatic carbocycles. The Balaban J connectivity index is 1.57. The van der Waals surface area contributed by atoms with Gasteiger partial charge in [-0.25, -0.2) is 25.6 Å². The summed E-state index contributed by atoms with van der Waals surface area (Å²) in [6, 6.07) is 8.49. The number of sulfonamides is 2. The van der Waals surface area contributed by atoms with Crippen LogP contribution in [0.2, 0.25) is 0 Å². The van der Waals surface area contributed by atoms with Gasteiger partial charge in [0.25, 0.3) is 0 Å².